The first kappa shape index (κ1) is 12.0. The van der Waals surface area contributed by atoms with E-state index < -0.39 is 5.41 Å². The lowest BCUT2D eigenvalue weighted by molar-refractivity contribution is -0.123. The normalized spacial score (nSPS) is 20.1. The molecule has 1 aliphatic rings. The zero-order chi connectivity index (χ0) is 12.3. The van der Waals surface area contributed by atoms with E-state index in [1.165, 1.54) is 12.8 Å². The van der Waals surface area contributed by atoms with E-state index in [1.54, 1.807) is 6.20 Å². The summed E-state index contributed by atoms with van der Waals surface area (Å²) >= 11 is 0. The van der Waals surface area contributed by atoms with Crippen LogP contribution < -0.4 is 5.73 Å². The van der Waals surface area contributed by atoms with Crippen LogP contribution in [0.3, 0.4) is 0 Å². The average molecular weight is 233 g/mol. The molecule has 1 aliphatic heterocycles. The van der Waals surface area contributed by atoms with Crippen LogP contribution in [-0.2, 0) is 10.2 Å². The number of amides is 1. The van der Waals surface area contributed by atoms with Gasteiger partial charge >= 0.3 is 0 Å². The predicted octanol–water partition coefficient (Wildman–Crippen LogP) is 0.920. The lowest BCUT2D eigenvalue weighted by Crippen LogP contribution is -2.47. The SMILES string of the molecule is CC(CN1CCCC1)(C(N)=O)c1ccccn1. The predicted molar refractivity (Wildman–Crippen MR) is 66.5 cm³/mol. The van der Waals surface area contributed by atoms with Gasteiger partial charge in [-0.15, -0.1) is 0 Å². The van der Waals surface area contributed by atoms with Crippen LogP contribution in [-0.4, -0.2) is 35.4 Å². The van der Waals surface area contributed by atoms with Crippen molar-refractivity contribution in [1.29, 1.82) is 0 Å². The zero-order valence-electron chi connectivity index (χ0n) is 10.2. The number of carbonyl (C=O) groups is 1. The number of pyridine rings is 1. The monoisotopic (exact) mass is 233 g/mol. The van der Waals surface area contributed by atoms with Crippen molar-refractivity contribution in [2.75, 3.05) is 19.6 Å². The smallest absolute Gasteiger partial charge is 0.230 e. The van der Waals surface area contributed by atoms with E-state index >= 15 is 0 Å². The fourth-order valence-corrected chi connectivity index (χ4v) is 2.36. The molecule has 2 rings (SSSR count). The van der Waals surface area contributed by atoms with Crippen LogP contribution in [0.4, 0.5) is 0 Å². The van der Waals surface area contributed by atoms with Gasteiger partial charge in [0.25, 0.3) is 0 Å². The number of carbonyl (C=O) groups excluding carboxylic acids is 1. The van der Waals surface area contributed by atoms with Gasteiger partial charge in [-0.2, -0.15) is 0 Å². The molecule has 1 unspecified atom stereocenters. The number of rotatable bonds is 4. The van der Waals surface area contributed by atoms with E-state index in [1.807, 2.05) is 25.1 Å². The molecule has 0 spiro atoms. The van der Waals surface area contributed by atoms with Crippen molar-refractivity contribution in [3.63, 3.8) is 0 Å². The molecule has 2 heterocycles. The Labute approximate surface area is 102 Å². The summed E-state index contributed by atoms with van der Waals surface area (Å²) in [7, 11) is 0. The first-order chi connectivity index (χ1) is 8.13. The second kappa shape index (κ2) is 4.84. The van der Waals surface area contributed by atoms with Gasteiger partial charge in [-0.25, -0.2) is 0 Å². The summed E-state index contributed by atoms with van der Waals surface area (Å²) in [4.78, 5) is 18.3. The summed E-state index contributed by atoms with van der Waals surface area (Å²) in [5.41, 5.74) is 5.65. The van der Waals surface area contributed by atoms with Crippen molar-refractivity contribution < 1.29 is 4.79 Å². The lowest BCUT2D eigenvalue weighted by atomic mass is 9.85. The molecule has 4 nitrogen and oxygen atoms in total. The molecule has 2 N–H and O–H groups in total. The van der Waals surface area contributed by atoms with E-state index in [2.05, 4.69) is 9.88 Å². The second-order valence-electron chi connectivity index (χ2n) is 4.89. The summed E-state index contributed by atoms with van der Waals surface area (Å²) < 4.78 is 0. The summed E-state index contributed by atoms with van der Waals surface area (Å²) in [6.07, 6.45) is 4.12. The van der Waals surface area contributed by atoms with Gasteiger partial charge in [0, 0.05) is 12.7 Å². The van der Waals surface area contributed by atoms with Crippen molar-refractivity contribution in [2.45, 2.75) is 25.2 Å². The molecule has 92 valence electrons. The van der Waals surface area contributed by atoms with Crippen molar-refractivity contribution in [1.82, 2.24) is 9.88 Å². The highest BCUT2D eigenvalue weighted by Gasteiger charge is 2.37. The Morgan fingerprint density at radius 1 is 1.47 bits per heavy atom. The number of aromatic nitrogens is 1. The molecule has 17 heavy (non-hydrogen) atoms. The van der Waals surface area contributed by atoms with Crippen LogP contribution >= 0.6 is 0 Å². The minimum atomic E-state index is -0.689. The Hall–Kier alpha value is -1.42. The molecule has 1 amide bonds. The summed E-state index contributed by atoms with van der Waals surface area (Å²) in [5.74, 6) is -0.303. The van der Waals surface area contributed by atoms with Gasteiger partial charge < -0.3 is 10.6 Å². The Bertz CT molecular complexity index is 387. The Morgan fingerprint density at radius 3 is 2.71 bits per heavy atom. The van der Waals surface area contributed by atoms with Crippen molar-refractivity contribution >= 4 is 5.91 Å². The average Bonchev–Trinajstić information content (AvgIpc) is 2.82. The van der Waals surface area contributed by atoms with Crippen LogP contribution in [0.25, 0.3) is 0 Å². The quantitative estimate of drug-likeness (QED) is 0.841. The van der Waals surface area contributed by atoms with Gasteiger partial charge in [-0.3, -0.25) is 9.78 Å². The molecule has 4 heteroatoms. The van der Waals surface area contributed by atoms with E-state index in [0.29, 0.717) is 6.54 Å². The maximum absolute atomic E-state index is 11.8. The van der Waals surface area contributed by atoms with Gasteiger partial charge in [0.2, 0.25) is 5.91 Å². The minimum absolute atomic E-state index is 0.303. The molecular formula is C13H19N3O. The molecule has 1 fully saturated rings. The van der Waals surface area contributed by atoms with Gasteiger partial charge in [0.15, 0.2) is 0 Å². The van der Waals surface area contributed by atoms with Crippen LogP contribution in [0, 0.1) is 0 Å². The third-order valence-electron chi connectivity index (χ3n) is 3.51. The lowest BCUT2D eigenvalue weighted by Gasteiger charge is -2.30. The first-order valence-corrected chi connectivity index (χ1v) is 6.07. The van der Waals surface area contributed by atoms with Gasteiger partial charge in [-0.05, 0) is 45.0 Å². The number of hydrogen-bond donors (Lipinski definition) is 1. The fourth-order valence-electron chi connectivity index (χ4n) is 2.36. The van der Waals surface area contributed by atoms with Crippen LogP contribution in [0.1, 0.15) is 25.5 Å². The van der Waals surface area contributed by atoms with E-state index in [4.69, 9.17) is 5.73 Å². The number of hydrogen-bond acceptors (Lipinski definition) is 3. The van der Waals surface area contributed by atoms with E-state index in [9.17, 15) is 4.79 Å². The second-order valence-corrected chi connectivity index (χ2v) is 4.89. The molecule has 0 bridgehead atoms. The molecule has 1 aromatic heterocycles. The highest BCUT2D eigenvalue weighted by atomic mass is 16.1. The number of primary amides is 1. The van der Waals surface area contributed by atoms with Crippen molar-refractivity contribution in [2.24, 2.45) is 5.73 Å². The van der Waals surface area contributed by atoms with Crippen LogP contribution in [0.15, 0.2) is 24.4 Å². The molecule has 1 saturated heterocycles. The third-order valence-corrected chi connectivity index (χ3v) is 3.51. The molecule has 0 saturated carbocycles. The van der Waals surface area contributed by atoms with E-state index in [0.717, 1.165) is 18.8 Å². The number of nitrogens with zero attached hydrogens (tertiary/aromatic N) is 2. The zero-order valence-corrected chi connectivity index (χ0v) is 10.2. The Kier molecular flexibility index (Phi) is 3.43. The van der Waals surface area contributed by atoms with Crippen molar-refractivity contribution in [3.8, 4) is 0 Å². The maximum Gasteiger partial charge on any atom is 0.230 e. The minimum Gasteiger partial charge on any atom is -0.369 e. The van der Waals surface area contributed by atoms with Gasteiger partial charge in [0.1, 0.15) is 5.41 Å². The molecular weight excluding hydrogens is 214 g/mol. The summed E-state index contributed by atoms with van der Waals surface area (Å²) in [6.45, 7) is 4.65. The highest BCUT2D eigenvalue weighted by molar-refractivity contribution is 5.86. The fraction of sp³-hybridized carbons (Fsp3) is 0.538. The third kappa shape index (κ3) is 2.47. The largest absolute Gasteiger partial charge is 0.369 e. The highest BCUT2D eigenvalue weighted by Crippen LogP contribution is 2.24. The molecule has 1 atom stereocenters. The van der Waals surface area contributed by atoms with Crippen LogP contribution in [0.2, 0.25) is 0 Å². The van der Waals surface area contributed by atoms with Gasteiger partial charge in [-0.1, -0.05) is 6.07 Å². The first-order valence-electron chi connectivity index (χ1n) is 6.07. The molecule has 0 aromatic carbocycles. The van der Waals surface area contributed by atoms with Crippen LogP contribution in [0.5, 0.6) is 0 Å². The van der Waals surface area contributed by atoms with Crippen molar-refractivity contribution in [3.05, 3.63) is 30.1 Å². The van der Waals surface area contributed by atoms with E-state index in [-0.39, 0.29) is 5.91 Å². The standard InChI is InChI=1S/C13H19N3O/c1-13(12(14)17,10-16-8-4-5-9-16)11-6-2-3-7-15-11/h2-3,6-7H,4-5,8-10H2,1H3,(H2,14,17). The number of nitrogens with two attached hydrogens (primary N) is 1. The Balaban J connectivity index is 2.23. The molecule has 0 aliphatic carbocycles. The Morgan fingerprint density at radius 2 is 2.18 bits per heavy atom. The summed E-state index contributed by atoms with van der Waals surface area (Å²) in [6, 6.07) is 5.62. The van der Waals surface area contributed by atoms with Gasteiger partial charge in [0.05, 0.1) is 5.69 Å². The summed E-state index contributed by atoms with van der Waals surface area (Å²) in [5, 5.41) is 0. The molecule has 1 aromatic rings. The molecule has 0 radical (unpaired) electrons. The number of likely N-dealkylation sites (tertiary alicyclic amines) is 1. The maximum atomic E-state index is 11.8. The topological polar surface area (TPSA) is 59.2 Å².